The van der Waals surface area contributed by atoms with Gasteiger partial charge in [0, 0.05) is 6.54 Å². The summed E-state index contributed by atoms with van der Waals surface area (Å²) in [6.07, 6.45) is 4.32. The van der Waals surface area contributed by atoms with Crippen molar-refractivity contribution in [2.45, 2.75) is 32.7 Å². The van der Waals surface area contributed by atoms with Gasteiger partial charge < -0.3 is 10.6 Å². The molecular formula is C11H19N5O. The molecule has 2 heterocycles. The van der Waals surface area contributed by atoms with E-state index in [1.54, 1.807) is 0 Å². The standard InChI is InChI=1S/C11H19N5O/c1-2-3-11(4-5-12-7-11)10(17)13-6-9-14-8-15-16-9/h8,12H,2-7H2,1H3,(H,13,17)(H,14,15,16). The summed E-state index contributed by atoms with van der Waals surface area (Å²) in [5.41, 5.74) is -0.227. The third-order valence-electron chi connectivity index (χ3n) is 3.34. The summed E-state index contributed by atoms with van der Waals surface area (Å²) in [6, 6.07) is 0. The third-order valence-corrected chi connectivity index (χ3v) is 3.34. The zero-order valence-electron chi connectivity index (χ0n) is 10.1. The lowest BCUT2D eigenvalue weighted by molar-refractivity contribution is -0.130. The van der Waals surface area contributed by atoms with Gasteiger partial charge >= 0.3 is 0 Å². The molecular weight excluding hydrogens is 218 g/mol. The van der Waals surface area contributed by atoms with Crippen molar-refractivity contribution in [3.8, 4) is 0 Å². The van der Waals surface area contributed by atoms with E-state index in [9.17, 15) is 4.79 Å². The summed E-state index contributed by atoms with van der Waals surface area (Å²) in [7, 11) is 0. The molecule has 1 amide bonds. The highest BCUT2D eigenvalue weighted by molar-refractivity contribution is 5.83. The van der Waals surface area contributed by atoms with Crippen LogP contribution in [0.1, 0.15) is 32.0 Å². The van der Waals surface area contributed by atoms with E-state index in [-0.39, 0.29) is 11.3 Å². The number of nitrogens with one attached hydrogen (secondary N) is 3. The summed E-state index contributed by atoms with van der Waals surface area (Å²) in [5, 5.41) is 12.7. The Morgan fingerprint density at radius 1 is 1.65 bits per heavy atom. The van der Waals surface area contributed by atoms with Crippen LogP contribution in [0.15, 0.2) is 6.33 Å². The Bertz CT molecular complexity index is 356. The van der Waals surface area contributed by atoms with Gasteiger partial charge in [0.2, 0.25) is 5.91 Å². The summed E-state index contributed by atoms with van der Waals surface area (Å²) in [5.74, 6) is 0.816. The maximum absolute atomic E-state index is 12.2. The van der Waals surface area contributed by atoms with Crippen LogP contribution in [0.3, 0.4) is 0 Å². The van der Waals surface area contributed by atoms with Gasteiger partial charge in [-0.1, -0.05) is 13.3 Å². The van der Waals surface area contributed by atoms with Crippen LogP contribution in [0.5, 0.6) is 0 Å². The van der Waals surface area contributed by atoms with Crippen molar-refractivity contribution in [1.29, 1.82) is 0 Å². The molecule has 0 aliphatic carbocycles. The van der Waals surface area contributed by atoms with E-state index >= 15 is 0 Å². The minimum atomic E-state index is -0.227. The fraction of sp³-hybridized carbons (Fsp3) is 0.727. The first kappa shape index (κ1) is 12.0. The number of carbonyl (C=O) groups excluding carboxylic acids is 1. The zero-order valence-corrected chi connectivity index (χ0v) is 10.1. The molecule has 1 aromatic heterocycles. The van der Waals surface area contributed by atoms with Gasteiger partial charge in [0.05, 0.1) is 12.0 Å². The first-order valence-electron chi connectivity index (χ1n) is 6.10. The second-order valence-electron chi connectivity index (χ2n) is 4.57. The van der Waals surface area contributed by atoms with Crippen LogP contribution in [0.25, 0.3) is 0 Å². The Hall–Kier alpha value is -1.43. The third kappa shape index (κ3) is 2.63. The second kappa shape index (κ2) is 5.27. The molecule has 1 saturated heterocycles. The number of aromatic amines is 1. The number of rotatable bonds is 5. The maximum atomic E-state index is 12.2. The zero-order chi connectivity index (χ0) is 12.1. The highest BCUT2D eigenvalue weighted by Gasteiger charge is 2.39. The van der Waals surface area contributed by atoms with Gasteiger partial charge in [-0.05, 0) is 19.4 Å². The smallest absolute Gasteiger partial charge is 0.227 e. The maximum Gasteiger partial charge on any atom is 0.227 e. The lowest BCUT2D eigenvalue weighted by Crippen LogP contribution is -2.42. The van der Waals surface area contributed by atoms with Gasteiger partial charge in [0.1, 0.15) is 12.2 Å². The Morgan fingerprint density at radius 2 is 2.53 bits per heavy atom. The summed E-state index contributed by atoms with van der Waals surface area (Å²) >= 11 is 0. The van der Waals surface area contributed by atoms with Gasteiger partial charge in [0.15, 0.2) is 0 Å². The molecule has 1 fully saturated rings. The van der Waals surface area contributed by atoms with Crippen LogP contribution in [-0.4, -0.2) is 34.2 Å². The van der Waals surface area contributed by atoms with Crippen molar-refractivity contribution in [2.24, 2.45) is 5.41 Å². The van der Waals surface area contributed by atoms with Crippen molar-refractivity contribution in [1.82, 2.24) is 25.8 Å². The first-order chi connectivity index (χ1) is 8.27. The highest BCUT2D eigenvalue weighted by Crippen LogP contribution is 2.31. The molecule has 3 N–H and O–H groups in total. The molecule has 1 unspecified atom stereocenters. The molecule has 94 valence electrons. The SMILES string of the molecule is CCCC1(C(=O)NCc2ncn[nH]2)CCNC1. The molecule has 0 radical (unpaired) electrons. The quantitative estimate of drug-likeness (QED) is 0.683. The number of hydrogen-bond donors (Lipinski definition) is 3. The Labute approximate surface area is 101 Å². The molecule has 0 saturated carbocycles. The van der Waals surface area contributed by atoms with Crippen molar-refractivity contribution in [3.63, 3.8) is 0 Å². The number of carbonyl (C=O) groups is 1. The van der Waals surface area contributed by atoms with E-state index in [1.165, 1.54) is 6.33 Å². The molecule has 2 rings (SSSR count). The van der Waals surface area contributed by atoms with E-state index < -0.39 is 0 Å². The van der Waals surface area contributed by atoms with Crippen LogP contribution in [0, 0.1) is 5.41 Å². The van der Waals surface area contributed by atoms with E-state index in [0.717, 1.165) is 32.4 Å². The monoisotopic (exact) mass is 237 g/mol. The van der Waals surface area contributed by atoms with Crippen LogP contribution in [0.2, 0.25) is 0 Å². The summed E-state index contributed by atoms with van der Waals surface area (Å²) in [6.45, 7) is 4.24. The van der Waals surface area contributed by atoms with Crippen LogP contribution < -0.4 is 10.6 Å². The fourth-order valence-electron chi connectivity index (χ4n) is 2.41. The minimum absolute atomic E-state index is 0.126. The van der Waals surface area contributed by atoms with E-state index in [1.807, 2.05) is 0 Å². The summed E-state index contributed by atoms with van der Waals surface area (Å²) in [4.78, 5) is 16.2. The largest absolute Gasteiger partial charge is 0.348 e. The van der Waals surface area contributed by atoms with Gasteiger partial charge in [-0.2, -0.15) is 5.10 Å². The average Bonchev–Trinajstić information content (AvgIpc) is 2.97. The van der Waals surface area contributed by atoms with Gasteiger partial charge in [-0.3, -0.25) is 9.89 Å². The number of hydrogen-bond acceptors (Lipinski definition) is 4. The predicted molar refractivity (Wildman–Crippen MR) is 63.1 cm³/mol. The molecule has 1 aliphatic heterocycles. The van der Waals surface area contributed by atoms with Crippen molar-refractivity contribution < 1.29 is 4.79 Å². The van der Waals surface area contributed by atoms with Gasteiger partial charge in [-0.15, -0.1) is 0 Å². The van der Waals surface area contributed by atoms with E-state index in [2.05, 4.69) is 32.7 Å². The van der Waals surface area contributed by atoms with Crippen molar-refractivity contribution in [3.05, 3.63) is 12.2 Å². The van der Waals surface area contributed by atoms with Crippen molar-refractivity contribution >= 4 is 5.91 Å². The Morgan fingerprint density at radius 3 is 3.12 bits per heavy atom. The van der Waals surface area contributed by atoms with Crippen molar-refractivity contribution in [2.75, 3.05) is 13.1 Å². The van der Waals surface area contributed by atoms with Crippen LogP contribution >= 0.6 is 0 Å². The van der Waals surface area contributed by atoms with E-state index in [0.29, 0.717) is 12.4 Å². The Kier molecular flexibility index (Phi) is 3.73. The highest BCUT2D eigenvalue weighted by atomic mass is 16.2. The average molecular weight is 237 g/mol. The summed E-state index contributed by atoms with van der Waals surface area (Å²) < 4.78 is 0. The molecule has 0 bridgehead atoms. The molecule has 1 atom stereocenters. The molecule has 0 spiro atoms. The first-order valence-corrected chi connectivity index (χ1v) is 6.10. The molecule has 6 heteroatoms. The van der Waals surface area contributed by atoms with Crippen LogP contribution in [0.4, 0.5) is 0 Å². The van der Waals surface area contributed by atoms with E-state index in [4.69, 9.17) is 0 Å². The molecule has 17 heavy (non-hydrogen) atoms. The number of H-pyrrole nitrogens is 1. The van der Waals surface area contributed by atoms with Gasteiger partial charge in [-0.25, -0.2) is 4.98 Å². The molecule has 1 aliphatic rings. The molecule has 1 aromatic rings. The lowest BCUT2D eigenvalue weighted by Gasteiger charge is -2.26. The van der Waals surface area contributed by atoms with Crippen LogP contribution in [-0.2, 0) is 11.3 Å². The van der Waals surface area contributed by atoms with Gasteiger partial charge in [0.25, 0.3) is 0 Å². The normalized spacial score (nSPS) is 23.8. The predicted octanol–water partition coefficient (Wildman–Crippen LogP) is 0.201. The number of nitrogens with zero attached hydrogens (tertiary/aromatic N) is 2. The topological polar surface area (TPSA) is 82.7 Å². The minimum Gasteiger partial charge on any atom is -0.348 e. The number of aromatic nitrogens is 3. The molecule has 6 nitrogen and oxygen atoms in total. The number of amides is 1. The Balaban J connectivity index is 1.92. The molecule has 0 aromatic carbocycles. The lowest BCUT2D eigenvalue weighted by atomic mass is 9.81. The second-order valence-corrected chi connectivity index (χ2v) is 4.57. The fourth-order valence-corrected chi connectivity index (χ4v) is 2.41.